The predicted molar refractivity (Wildman–Crippen MR) is 181 cm³/mol. The fourth-order valence-corrected chi connectivity index (χ4v) is 5.27. The van der Waals surface area contributed by atoms with Gasteiger partial charge >= 0.3 is 19.5 Å². The van der Waals surface area contributed by atoms with Gasteiger partial charge in [-0.15, -0.1) is 25.6 Å². The standard InChI is InChI=1S/C18H16F4N2O.2C10H8N2.Ru/c1-2-9-25-18-16(21)14(19)13(15(20)17(18)22)12(10-5-3-7-23-10)11-6-4-8-24-11;2*1-3-7-11-9(5-1)10-6-2-4-8-12-10;/h1,10H,3-9H2;2*1-8H;/q-2;;;+2/b12-11+;;;. The fraction of sp³-hybridized carbons (Fsp3) is 0.211. The fourth-order valence-electron chi connectivity index (χ4n) is 5.27. The van der Waals surface area contributed by atoms with Crippen LogP contribution in [-0.4, -0.2) is 45.7 Å². The third kappa shape index (κ3) is 9.59. The number of pyridine rings is 4. The van der Waals surface area contributed by atoms with Gasteiger partial charge in [0.2, 0.25) is 11.6 Å². The van der Waals surface area contributed by atoms with Crippen LogP contribution in [0.15, 0.2) is 103 Å². The molecule has 0 aliphatic carbocycles. The molecule has 0 spiro atoms. The van der Waals surface area contributed by atoms with E-state index >= 15 is 0 Å². The molecule has 0 saturated carbocycles. The van der Waals surface area contributed by atoms with Crippen molar-refractivity contribution in [2.45, 2.75) is 31.7 Å². The van der Waals surface area contributed by atoms with Crippen LogP contribution in [0.2, 0.25) is 0 Å². The molecule has 0 N–H and O–H groups in total. The number of allylic oxidation sites excluding steroid dienone is 1. The maximum atomic E-state index is 14.7. The Balaban J connectivity index is 0.000000187. The first-order valence-corrected chi connectivity index (χ1v) is 15.6. The number of hydrogen-bond acceptors (Lipinski definition) is 5. The third-order valence-corrected chi connectivity index (χ3v) is 7.48. The Morgan fingerprint density at radius 2 is 1.18 bits per heavy atom. The van der Waals surface area contributed by atoms with Crippen molar-refractivity contribution in [1.82, 2.24) is 19.9 Å². The van der Waals surface area contributed by atoms with E-state index in [9.17, 15) is 17.6 Å². The molecule has 2 fully saturated rings. The second-order valence-corrected chi connectivity index (χ2v) is 10.7. The van der Waals surface area contributed by atoms with Crippen molar-refractivity contribution in [2.75, 3.05) is 19.7 Å². The molecule has 4 aromatic heterocycles. The zero-order chi connectivity index (χ0) is 34.4. The van der Waals surface area contributed by atoms with E-state index in [0.29, 0.717) is 31.6 Å². The van der Waals surface area contributed by atoms with E-state index < -0.39 is 47.2 Å². The molecule has 0 radical (unpaired) electrons. The van der Waals surface area contributed by atoms with Crippen molar-refractivity contribution < 1.29 is 41.8 Å². The van der Waals surface area contributed by atoms with E-state index in [1.807, 2.05) is 78.7 Å². The normalized spacial score (nSPS) is 15.5. The molecule has 1 aromatic carbocycles. The first-order valence-electron chi connectivity index (χ1n) is 15.6. The van der Waals surface area contributed by atoms with E-state index in [2.05, 4.69) is 35.3 Å². The summed E-state index contributed by atoms with van der Waals surface area (Å²) in [4.78, 5) is 16.7. The van der Waals surface area contributed by atoms with Crippen molar-refractivity contribution in [1.29, 1.82) is 0 Å². The summed E-state index contributed by atoms with van der Waals surface area (Å²) in [6.07, 6.45) is 14.6. The summed E-state index contributed by atoms with van der Waals surface area (Å²) in [7, 11) is 0. The van der Waals surface area contributed by atoms with Crippen molar-refractivity contribution >= 4 is 5.57 Å². The Kier molecular flexibility index (Phi) is 14.6. The van der Waals surface area contributed by atoms with Gasteiger partial charge in [0.05, 0.1) is 28.3 Å². The Labute approximate surface area is 301 Å². The quantitative estimate of drug-likeness (QED) is 0.0746. The van der Waals surface area contributed by atoms with Crippen LogP contribution in [0.3, 0.4) is 0 Å². The second-order valence-electron chi connectivity index (χ2n) is 10.7. The van der Waals surface area contributed by atoms with Gasteiger partial charge in [-0.1, -0.05) is 61.4 Å². The van der Waals surface area contributed by atoms with Gasteiger partial charge in [-0.05, 0) is 48.5 Å². The minimum atomic E-state index is -1.60. The minimum absolute atomic E-state index is 0. The van der Waals surface area contributed by atoms with Crippen LogP contribution in [0.4, 0.5) is 17.6 Å². The summed E-state index contributed by atoms with van der Waals surface area (Å²) in [5.41, 5.74) is 3.53. The Bertz CT molecular complexity index is 1690. The first kappa shape index (κ1) is 37.8. The van der Waals surface area contributed by atoms with Gasteiger partial charge < -0.3 is 15.4 Å². The van der Waals surface area contributed by atoms with Crippen molar-refractivity contribution in [3.05, 3.63) is 143 Å². The zero-order valence-corrected chi connectivity index (χ0v) is 28.5. The molecule has 7 nitrogen and oxygen atoms in total. The van der Waals surface area contributed by atoms with Crippen LogP contribution in [0.5, 0.6) is 5.75 Å². The van der Waals surface area contributed by atoms with Crippen LogP contribution >= 0.6 is 0 Å². The number of terminal acetylenes is 1. The molecule has 5 aromatic rings. The third-order valence-electron chi connectivity index (χ3n) is 7.48. The second kappa shape index (κ2) is 19.3. The molecule has 7 rings (SSSR count). The molecule has 50 heavy (non-hydrogen) atoms. The number of ether oxygens (including phenoxy) is 1. The average molecular weight is 766 g/mol. The van der Waals surface area contributed by atoms with Crippen LogP contribution in [0.25, 0.3) is 39.0 Å². The molecule has 0 bridgehead atoms. The van der Waals surface area contributed by atoms with Gasteiger partial charge in [0.15, 0.2) is 17.4 Å². The molecule has 12 heteroatoms. The summed E-state index contributed by atoms with van der Waals surface area (Å²) in [6.45, 7) is 0.551. The minimum Gasteiger partial charge on any atom is -0.688 e. The van der Waals surface area contributed by atoms with Gasteiger partial charge in [-0.2, -0.15) is 14.5 Å². The number of aromatic nitrogens is 4. The van der Waals surface area contributed by atoms with Gasteiger partial charge in [-0.25, -0.2) is 8.78 Å². The van der Waals surface area contributed by atoms with Crippen molar-refractivity contribution in [3.8, 4) is 40.9 Å². The van der Waals surface area contributed by atoms with Crippen LogP contribution in [0.1, 0.15) is 31.2 Å². The predicted octanol–water partition coefficient (Wildman–Crippen LogP) is 8.95. The molecular formula is C38H32F4N6ORu. The number of hydrogen-bond donors (Lipinski definition) is 0. The maximum Gasteiger partial charge on any atom is 2.00 e. The molecule has 1 atom stereocenters. The molecule has 2 saturated heterocycles. The van der Waals surface area contributed by atoms with Crippen molar-refractivity contribution in [2.24, 2.45) is 0 Å². The topological polar surface area (TPSA) is 89.0 Å². The zero-order valence-electron chi connectivity index (χ0n) is 26.8. The molecule has 2 aliphatic heterocycles. The van der Waals surface area contributed by atoms with E-state index in [0.717, 1.165) is 35.6 Å². The molecule has 2 aliphatic rings. The summed E-state index contributed by atoms with van der Waals surface area (Å²) in [5.74, 6) is -5.35. The maximum absolute atomic E-state index is 14.7. The molecular weight excluding hydrogens is 734 g/mol. The number of nitrogens with zero attached hydrogens (tertiary/aromatic N) is 6. The number of benzene rings is 1. The molecule has 256 valence electrons. The molecule has 6 heterocycles. The van der Waals surface area contributed by atoms with Crippen LogP contribution < -0.4 is 4.74 Å². The van der Waals surface area contributed by atoms with Crippen LogP contribution in [-0.2, 0) is 19.5 Å². The van der Waals surface area contributed by atoms with Gasteiger partial charge in [0.25, 0.3) is 0 Å². The SMILES string of the molecule is C#CCOc1c(F)c(F)c(/C(=C2\CCC[N-]2)C2CCC[N-]2)c(F)c1F.[Ru+2].c1ccc(-c2ccccn2)nc1.c1ccc(-c2ccccn2)nc1. The summed E-state index contributed by atoms with van der Waals surface area (Å²) in [6, 6.07) is 22.7. The average Bonchev–Trinajstić information content (AvgIpc) is 3.91. The van der Waals surface area contributed by atoms with E-state index in [1.165, 1.54) is 0 Å². The Morgan fingerprint density at radius 1 is 0.700 bits per heavy atom. The van der Waals surface area contributed by atoms with Gasteiger partial charge in [0.1, 0.15) is 6.61 Å². The molecule has 0 amide bonds. The van der Waals surface area contributed by atoms with E-state index in [4.69, 9.17) is 6.42 Å². The Hall–Kier alpha value is -4.98. The van der Waals surface area contributed by atoms with E-state index in [-0.39, 0.29) is 25.1 Å². The number of rotatable bonds is 6. The molecule has 1 unspecified atom stereocenters. The van der Waals surface area contributed by atoms with Crippen molar-refractivity contribution in [3.63, 3.8) is 0 Å². The summed E-state index contributed by atoms with van der Waals surface area (Å²) < 4.78 is 62.6. The van der Waals surface area contributed by atoms with Gasteiger partial charge in [0, 0.05) is 24.8 Å². The first-order chi connectivity index (χ1) is 24.0. The van der Waals surface area contributed by atoms with Gasteiger partial charge in [-0.3, -0.25) is 19.9 Å². The summed E-state index contributed by atoms with van der Waals surface area (Å²) in [5, 5.41) is 8.57. The Morgan fingerprint density at radius 3 is 1.52 bits per heavy atom. The number of halogens is 4. The summed E-state index contributed by atoms with van der Waals surface area (Å²) >= 11 is 0. The van der Waals surface area contributed by atoms with E-state index in [1.54, 1.807) is 24.8 Å². The van der Waals surface area contributed by atoms with Crippen LogP contribution in [0, 0.1) is 35.6 Å². The largest absolute Gasteiger partial charge is 2.00 e. The monoisotopic (exact) mass is 766 g/mol. The smallest absolute Gasteiger partial charge is 0.688 e.